The van der Waals surface area contributed by atoms with E-state index in [2.05, 4.69) is 48.6 Å². The van der Waals surface area contributed by atoms with E-state index in [-0.39, 0.29) is 29.1 Å². The molecule has 2 aromatic heterocycles. The molecule has 0 saturated heterocycles. The third-order valence-electron chi connectivity index (χ3n) is 17.9. The minimum absolute atomic E-state index is 0.0463. The number of hydrogen-bond donors (Lipinski definition) is 5. The number of carboxylic acids is 1. The molecule has 6 N–H and O–H groups in total. The molecule has 5 saturated carbocycles. The van der Waals surface area contributed by atoms with Gasteiger partial charge >= 0.3 is 5.97 Å². The first-order valence-electron chi connectivity index (χ1n) is 36.0. The van der Waals surface area contributed by atoms with Gasteiger partial charge in [0.2, 0.25) is 11.6 Å². The van der Waals surface area contributed by atoms with E-state index < -0.39 is 5.97 Å². The molecule has 15 rings (SSSR count). The number of aromatic hydroxyl groups is 1. The number of aryl methyl sites for hydroxylation is 1. The molecule has 21 heteroatoms. The summed E-state index contributed by atoms with van der Waals surface area (Å²) in [6, 6.07) is 56.8. The minimum atomic E-state index is -0.935. The number of aliphatic hydroxyl groups is 1. The van der Waals surface area contributed by atoms with Crippen LogP contribution in [-0.4, -0.2) is 89.7 Å². The summed E-state index contributed by atoms with van der Waals surface area (Å²) in [6.07, 6.45) is 27.1. The predicted octanol–water partition coefficient (Wildman–Crippen LogP) is 20.4. The number of nitrogens with two attached hydrogens (primary N) is 1. The average Bonchev–Trinajstić information content (AvgIpc) is 1.69. The summed E-state index contributed by atoms with van der Waals surface area (Å²) >= 11 is 0. The Morgan fingerprint density at radius 2 is 0.840 bits per heavy atom. The molecule has 10 aromatic rings. The third kappa shape index (κ3) is 26.2. The number of phenolic OH excluding ortho intramolecular Hbond substituents is 1. The molecule has 5 aliphatic rings. The summed E-state index contributed by atoms with van der Waals surface area (Å²) in [4.78, 5) is 25.8. The summed E-state index contributed by atoms with van der Waals surface area (Å²) in [5.74, 6) is 5.36. The van der Waals surface area contributed by atoms with Gasteiger partial charge in [-0.25, -0.2) is 18.9 Å². The van der Waals surface area contributed by atoms with Gasteiger partial charge in [0.15, 0.2) is 17.2 Å². The van der Waals surface area contributed by atoms with Crippen molar-refractivity contribution in [3.8, 4) is 80.2 Å². The van der Waals surface area contributed by atoms with Crippen molar-refractivity contribution >= 4 is 23.2 Å². The molecular formula is C85H91FN8O12. The van der Waals surface area contributed by atoms with Crippen LogP contribution in [0.2, 0.25) is 0 Å². The quantitative estimate of drug-likeness (QED) is 0.0142. The van der Waals surface area contributed by atoms with Gasteiger partial charge in [0, 0.05) is 27.8 Å². The number of oxime groups is 1. The Balaban J connectivity index is 0.000000149. The number of amidine groups is 1. The van der Waals surface area contributed by atoms with Crippen molar-refractivity contribution in [1.29, 1.82) is 0 Å². The highest BCUT2D eigenvalue weighted by Crippen LogP contribution is 2.32. The summed E-state index contributed by atoms with van der Waals surface area (Å²) in [5.41, 5.74) is 12.3. The van der Waals surface area contributed by atoms with E-state index in [1.807, 2.05) is 97.1 Å². The van der Waals surface area contributed by atoms with Crippen LogP contribution in [0.5, 0.6) is 34.5 Å². The van der Waals surface area contributed by atoms with Crippen LogP contribution >= 0.6 is 0 Å². The normalized spacial score (nSPS) is 14.9. The number of benzene rings is 8. The van der Waals surface area contributed by atoms with Crippen molar-refractivity contribution in [3.05, 3.63) is 252 Å². The van der Waals surface area contributed by atoms with E-state index in [1.54, 1.807) is 66.7 Å². The van der Waals surface area contributed by atoms with Gasteiger partial charge in [0.05, 0.1) is 49.2 Å². The number of aromatic nitrogens is 4. The van der Waals surface area contributed by atoms with Gasteiger partial charge in [-0.15, -0.1) is 0 Å². The highest BCUT2D eigenvalue weighted by Gasteiger charge is 2.21. The number of halogens is 1. The lowest BCUT2D eigenvalue weighted by molar-refractivity contribution is 0.0696. The Hall–Kier alpha value is -11.8. The highest BCUT2D eigenvalue weighted by molar-refractivity contribution is 5.97. The highest BCUT2D eigenvalue weighted by atomic mass is 19.1. The fraction of sp³-hybridized carbons (Fsp3) is 0.318. The topological polar surface area (TPSA) is 269 Å². The molecule has 2 heterocycles. The van der Waals surface area contributed by atoms with Crippen LogP contribution in [-0.2, 0) is 0 Å². The van der Waals surface area contributed by atoms with E-state index in [1.165, 1.54) is 119 Å². The van der Waals surface area contributed by atoms with Crippen molar-refractivity contribution in [3.63, 3.8) is 0 Å². The second-order valence-corrected chi connectivity index (χ2v) is 26.0. The SMILES string of the molecule is C=CCOc1ccc(C(=O)O)cc1.Cc1ccc(-c2nc(-c3ccc(OC4CCCC4)cc3)no2)cc1.N/C(=N\O)c1ccc(OC2CCCC2)cc1.OC1CCCC1.Oc1ccc(-c2nc(-c3ccc(OC4CCCC4)cc3)no2)cc1.[C-]#[N+]c1ccc(F)cc1.[C-]#[N+]c1ccc(OC2CCCC2)cc1. The molecule has 0 spiro atoms. The molecule has 0 radical (unpaired) electrons. The summed E-state index contributed by atoms with van der Waals surface area (Å²) in [5, 5.41) is 46.2. The van der Waals surface area contributed by atoms with E-state index >= 15 is 0 Å². The van der Waals surface area contributed by atoms with Gasteiger partial charge in [-0.3, -0.25) is 0 Å². The molecule has 5 aliphatic carbocycles. The van der Waals surface area contributed by atoms with Crippen LogP contribution in [0.3, 0.4) is 0 Å². The molecule has 20 nitrogen and oxygen atoms in total. The zero-order valence-corrected chi connectivity index (χ0v) is 59.6. The van der Waals surface area contributed by atoms with Gasteiger partial charge in [-0.1, -0.05) is 82.9 Å². The Morgan fingerprint density at radius 3 is 1.19 bits per heavy atom. The van der Waals surface area contributed by atoms with Gasteiger partial charge in [-0.2, -0.15) is 9.97 Å². The van der Waals surface area contributed by atoms with Crippen molar-refractivity contribution in [1.82, 2.24) is 20.3 Å². The number of hydrogen-bond acceptors (Lipinski definition) is 16. The standard InChI is InChI=1S/C20H20N2O2.C19H18N2O3.C12H16N2O2.C12H13NO.C10H10O3.C7H4FN.C5H10O/c1-14-6-8-16(9-7-14)20-21-19(22-24-20)15-10-12-18(13-11-15)23-17-4-2-3-5-17;22-15-9-5-14(6-10-15)19-20-18(21-24-19)13-7-11-17(12-8-13)23-16-3-1-2-4-16;13-12(14-15)9-5-7-11(8-6-9)16-10-3-1-2-4-10;1-13-10-6-8-12(9-7-10)14-11-4-2-3-5-11;1-2-7-13-9-5-3-8(4-6-9)10(11)12;1-9-7-4-2-6(8)3-5-7;6-5-3-1-2-4-5/h6-13,17H,2-5H2,1H3;5-12,16,22H,1-4H2;5-8,10,15H,1-4H2,(H2,13,14);6-9,11H,2-5H2;2-6H,1,7H2,(H,11,12);2-5H;5-6H,1-4H2. The fourth-order valence-corrected chi connectivity index (χ4v) is 12.0. The van der Waals surface area contributed by atoms with Gasteiger partial charge in [0.25, 0.3) is 11.8 Å². The largest absolute Gasteiger partial charge is 0.508 e. The third-order valence-corrected chi connectivity index (χ3v) is 17.9. The maximum absolute atomic E-state index is 12.1. The van der Waals surface area contributed by atoms with Crippen LogP contribution < -0.4 is 29.4 Å². The lowest BCUT2D eigenvalue weighted by Gasteiger charge is -2.12. The maximum atomic E-state index is 12.1. The number of phenols is 1. The number of ether oxygens (including phenoxy) is 5. The van der Waals surface area contributed by atoms with Gasteiger partial charge in [0.1, 0.15) is 46.9 Å². The molecule has 5 fully saturated rings. The van der Waals surface area contributed by atoms with E-state index in [0.29, 0.717) is 77.1 Å². The number of aliphatic hydroxyl groups excluding tert-OH is 1. The Labute approximate surface area is 618 Å². The molecule has 0 unspecified atom stereocenters. The van der Waals surface area contributed by atoms with Crippen LogP contribution in [0, 0.1) is 25.9 Å². The van der Waals surface area contributed by atoms with Crippen LogP contribution in [0.1, 0.15) is 150 Å². The van der Waals surface area contributed by atoms with E-state index in [9.17, 15) is 14.3 Å². The number of carboxylic acid groups (broad SMARTS) is 1. The second-order valence-electron chi connectivity index (χ2n) is 26.0. The van der Waals surface area contributed by atoms with Gasteiger partial charge in [-0.05, 0) is 280 Å². The molecular weight excluding hydrogens is 1340 g/mol. The Bertz CT molecular complexity index is 4200. The molecule has 0 atom stereocenters. The monoisotopic (exact) mass is 1430 g/mol. The number of aromatic carboxylic acids is 1. The van der Waals surface area contributed by atoms with Crippen LogP contribution in [0.15, 0.2) is 221 Å². The predicted molar refractivity (Wildman–Crippen MR) is 406 cm³/mol. The molecule has 550 valence electrons. The lowest BCUT2D eigenvalue weighted by atomic mass is 10.1. The molecule has 8 aromatic carbocycles. The first-order valence-corrected chi connectivity index (χ1v) is 36.0. The van der Waals surface area contributed by atoms with Crippen molar-refractivity contribution in [2.45, 2.75) is 166 Å². The first-order chi connectivity index (χ1) is 51.7. The van der Waals surface area contributed by atoms with Crippen molar-refractivity contribution in [2.75, 3.05) is 6.61 Å². The zero-order valence-electron chi connectivity index (χ0n) is 59.6. The smallest absolute Gasteiger partial charge is 0.335 e. The molecule has 0 aliphatic heterocycles. The number of nitrogens with zero attached hydrogens (tertiary/aromatic N) is 7. The molecule has 0 bridgehead atoms. The minimum Gasteiger partial charge on any atom is -0.508 e. The van der Waals surface area contributed by atoms with Gasteiger partial charge < -0.3 is 59.0 Å². The second kappa shape index (κ2) is 42.1. The van der Waals surface area contributed by atoms with Crippen LogP contribution in [0.4, 0.5) is 15.8 Å². The van der Waals surface area contributed by atoms with E-state index in [4.69, 9.17) is 67.0 Å². The summed E-state index contributed by atoms with van der Waals surface area (Å²) in [7, 11) is 0. The Kier molecular flexibility index (Phi) is 31.1. The first kappa shape index (κ1) is 78.3. The summed E-state index contributed by atoms with van der Waals surface area (Å²) in [6.45, 7) is 19.3. The summed E-state index contributed by atoms with van der Waals surface area (Å²) < 4.78 is 51.5. The van der Waals surface area contributed by atoms with E-state index in [0.717, 1.165) is 96.6 Å². The lowest BCUT2D eigenvalue weighted by Crippen LogP contribution is -2.13. The average molecular weight is 1440 g/mol. The Morgan fingerprint density at radius 1 is 0.509 bits per heavy atom. The number of rotatable bonds is 17. The van der Waals surface area contributed by atoms with Crippen LogP contribution in [0.25, 0.3) is 55.4 Å². The maximum Gasteiger partial charge on any atom is 0.335 e. The zero-order chi connectivity index (χ0) is 74.7. The molecule has 106 heavy (non-hydrogen) atoms. The van der Waals surface area contributed by atoms with Crippen molar-refractivity contribution in [2.24, 2.45) is 10.9 Å². The molecule has 0 amide bonds. The number of carbonyl (C=O) groups is 1. The van der Waals surface area contributed by atoms with Crippen molar-refractivity contribution < 1.29 is 62.4 Å². The fourth-order valence-electron chi connectivity index (χ4n) is 12.0.